The number of nitrogens with one attached hydrogen (secondary N) is 1. The Bertz CT molecular complexity index is 631. The monoisotopic (exact) mass is 347 g/mol. The van der Waals surface area contributed by atoms with Gasteiger partial charge in [-0.05, 0) is 36.6 Å². The Labute approximate surface area is 149 Å². The van der Waals surface area contributed by atoms with Crippen LogP contribution in [-0.2, 0) is 6.54 Å². The van der Waals surface area contributed by atoms with Gasteiger partial charge in [-0.3, -0.25) is 0 Å². The summed E-state index contributed by atoms with van der Waals surface area (Å²) >= 11 is 6.35. The lowest BCUT2D eigenvalue weighted by atomic mass is 10.0. The summed E-state index contributed by atoms with van der Waals surface area (Å²) in [6, 6.07) is 14.8. The van der Waals surface area contributed by atoms with Gasteiger partial charge in [-0.2, -0.15) is 0 Å². The Morgan fingerprint density at radius 2 is 1.88 bits per heavy atom. The molecule has 0 aliphatic heterocycles. The SMILES string of the molecule is CCCC(NCc1cc(Cl)c(OCC)c(OC)c1)c1ccccc1. The Morgan fingerprint density at radius 1 is 1.12 bits per heavy atom. The first-order valence-electron chi connectivity index (χ1n) is 8.47. The highest BCUT2D eigenvalue weighted by atomic mass is 35.5. The molecule has 1 unspecified atom stereocenters. The minimum atomic E-state index is 0.326. The molecule has 3 nitrogen and oxygen atoms in total. The van der Waals surface area contributed by atoms with E-state index >= 15 is 0 Å². The topological polar surface area (TPSA) is 30.5 Å². The smallest absolute Gasteiger partial charge is 0.179 e. The zero-order valence-corrected chi connectivity index (χ0v) is 15.4. The quantitative estimate of drug-likeness (QED) is 0.660. The molecular weight excluding hydrogens is 322 g/mol. The van der Waals surface area contributed by atoms with E-state index in [0.717, 1.165) is 24.9 Å². The third-order valence-corrected chi connectivity index (χ3v) is 4.19. The molecule has 0 heterocycles. The molecular formula is C20H26ClNO2. The number of methoxy groups -OCH3 is 1. The molecule has 4 heteroatoms. The molecule has 2 rings (SSSR count). The van der Waals surface area contributed by atoms with Crippen LogP contribution in [0, 0.1) is 0 Å². The van der Waals surface area contributed by atoms with Crippen LogP contribution in [0.5, 0.6) is 11.5 Å². The van der Waals surface area contributed by atoms with Crippen molar-refractivity contribution in [1.29, 1.82) is 0 Å². The van der Waals surface area contributed by atoms with Crippen molar-refractivity contribution >= 4 is 11.6 Å². The molecule has 0 spiro atoms. The second-order valence-corrected chi connectivity index (χ2v) is 6.08. The Balaban J connectivity index is 2.13. The molecule has 0 radical (unpaired) electrons. The number of benzene rings is 2. The van der Waals surface area contributed by atoms with Crippen molar-refractivity contribution in [2.45, 2.75) is 39.3 Å². The van der Waals surface area contributed by atoms with E-state index in [4.69, 9.17) is 21.1 Å². The molecule has 0 fully saturated rings. The van der Waals surface area contributed by atoms with Gasteiger partial charge in [0.15, 0.2) is 11.5 Å². The predicted octanol–water partition coefficient (Wildman–Crippen LogP) is 5.38. The molecule has 24 heavy (non-hydrogen) atoms. The zero-order valence-electron chi connectivity index (χ0n) is 14.6. The van der Waals surface area contributed by atoms with Gasteiger partial charge in [0.2, 0.25) is 0 Å². The maximum absolute atomic E-state index is 6.35. The van der Waals surface area contributed by atoms with Gasteiger partial charge >= 0.3 is 0 Å². The van der Waals surface area contributed by atoms with Crippen molar-refractivity contribution in [2.75, 3.05) is 13.7 Å². The lowest BCUT2D eigenvalue weighted by Gasteiger charge is -2.20. The highest BCUT2D eigenvalue weighted by Crippen LogP contribution is 2.36. The molecule has 2 aromatic carbocycles. The van der Waals surface area contributed by atoms with Crippen molar-refractivity contribution in [3.63, 3.8) is 0 Å². The summed E-state index contributed by atoms with van der Waals surface area (Å²) in [5.74, 6) is 1.28. The van der Waals surface area contributed by atoms with Gasteiger partial charge in [-0.25, -0.2) is 0 Å². The number of rotatable bonds is 9. The van der Waals surface area contributed by atoms with Crippen molar-refractivity contribution < 1.29 is 9.47 Å². The molecule has 0 saturated carbocycles. The molecule has 2 aromatic rings. The summed E-state index contributed by atoms with van der Waals surface area (Å²) in [5, 5.41) is 4.21. The van der Waals surface area contributed by atoms with Gasteiger partial charge in [-0.1, -0.05) is 55.3 Å². The third-order valence-electron chi connectivity index (χ3n) is 3.91. The van der Waals surface area contributed by atoms with E-state index in [9.17, 15) is 0 Å². The summed E-state index contributed by atoms with van der Waals surface area (Å²) in [5.41, 5.74) is 2.39. The molecule has 0 aromatic heterocycles. The summed E-state index contributed by atoms with van der Waals surface area (Å²) in [7, 11) is 1.63. The first-order chi connectivity index (χ1) is 11.7. The summed E-state index contributed by atoms with van der Waals surface area (Å²) < 4.78 is 11.0. The lowest BCUT2D eigenvalue weighted by Crippen LogP contribution is -2.20. The highest BCUT2D eigenvalue weighted by molar-refractivity contribution is 6.32. The maximum Gasteiger partial charge on any atom is 0.179 e. The minimum Gasteiger partial charge on any atom is -0.493 e. The largest absolute Gasteiger partial charge is 0.493 e. The summed E-state index contributed by atoms with van der Waals surface area (Å²) in [6.07, 6.45) is 2.21. The van der Waals surface area contributed by atoms with Gasteiger partial charge in [0.05, 0.1) is 18.7 Å². The fraction of sp³-hybridized carbons (Fsp3) is 0.400. The molecule has 0 aliphatic rings. The highest BCUT2D eigenvalue weighted by Gasteiger charge is 2.14. The van der Waals surface area contributed by atoms with Crippen molar-refractivity contribution in [3.05, 3.63) is 58.6 Å². The van der Waals surface area contributed by atoms with Crippen LogP contribution in [0.1, 0.15) is 43.9 Å². The number of hydrogen-bond donors (Lipinski definition) is 1. The van der Waals surface area contributed by atoms with Gasteiger partial charge in [-0.15, -0.1) is 0 Å². The van der Waals surface area contributed by atoms with E-state index in [1.165, 1.54) is 5.56 Å². The van der Waals surface area contributed by atoms with Crippen molar-refractivity contribution in [1.82, 2.24) is 5.32 Å². The van der Waals surface area contributed by atoms with Crippen molar-refractivity contribution in [3.8, 4) is 11.5 Å². The predicted molar refractivity (Wildman–Crippen MR) is 100 cm³/mol. The maximum atomic E-state index is 6.35. The molecule has 0 saturated heterocycles. The van der Waals surface area contributed by atoms with Crippen LogP contribution in [0.3, 0.4) is 0 Å². The second kappa shape index (κ2) is 9.55. The van der Waals surface area contributed by atoms with Crippen LogP contribution in [0.25, 0.3) is 0 Å². The molecule has 0 amide bonds. The second-order valence-electron chi connectivity index (χ2n) is 5.67. The third kappa shape index (κ3) is 4.89. The van der Waals surface area contributed by atoms with Crippen LogP contribution in [-0.4, -0.2) is 13.7 Å². The van der Waals surface area contributed by atoms with Gasteiger partial charge < -0.3 is 14.8 Å². The van der Waals surface area contributed by atoms with E-state index < -0.39 is 0 Å². The van der Waals surface area contributed by atoms with E-state index in [-0.39, 0.29) is 0 Å². The number of hydrogen-bond acceptors (Lipinski definition) is 3. The molecule has 0 bridgehead atoms. The van der Waals surface area contributed by atoms with Gasteiger partial charge in [0.25, 0.3) is 0 Å². The van der Waals surface area contributed by atoms with Crippen LogP contribution >= 0.6 is 11.6 Å². The van der Waals surface area contributed by atoms with Crippen molar-refractivity contribution in [2.24, 2.45) is 0 Å². The Morgan fingerprint density at radius 3 is 2.50 bits per heavy atom. The van der Waals surface area contributed by atoms with Crippen LogP contribution in [0.15, 0.2) is 42.5 Å². The van der Waals surface area contributed by atoms with Crippen LogP contribution in [0.2, 0.25) is 5.02 Å². The van der Waals surface area contributed by atoms with E-state index in [0.29, 0.717) is 29.2 Å². The van der Waals surface area contributed by atoms with Gasteiger partial charge in [0, 0.05) is 12.6 Å². The zero-order chi connectivity index (χ0) is 17.4. The normalized spacial score (nSPS) is 12.0. The fourth-order valence-electron chi connectivity index (χ4n) is 2.76. The average Bonchev–Trinajstić information content (AvgIpc) is 2.61. The molecule has 1 N–H and O–H groups in total. The molecule has 1 atom stereocenters. The molecule has 0 aliphatic carbocycles. The minimum absolute atomic E-state index is 0.326. The van der Waals surface area contributed by atoms with E-state index in [2.05, 4.69) is 36.5 Å². The van der Waals surface area contributed by atoms with E-state index in [1.807, 2.05) is 25.1 Å². The average molecular weight is 348 g/mol. The molecule has 130 valence electrons. The first kappa shape index (κ1) is 18.6. The van der Waals surface area contributed by atoms with Crippen LogP contribution in [0.4, 0.5) is 0 Å². The first-order valence-corrected chi connectivity index (χ1v) is 8.84. The number of halogens is 1. The number of ether oxygens (including phenoxy) is 2. The Kier molecular flexibility index (Phi) is 7.41. The van der Waals surface area contributed by atoms with E-state index in [1.54, 1.807) is 7.11 Å². The Hall–Kier alpha value is -1.71. The van der Waals surface area contributed by atoms with Gasteiger partial charge in [0.1, 0.15) is 0 Å². The lowest BCUT2D eigenvalue weighted by molar-refractivity contribution is 0.310. The fourth-order valence-corrected chi connectivity index (χ4v) is 3.05. The standard InChI is InChI=1S/C20H26ClNO2/c1-4-9-18(16-10-7-6-8-11-16)22-14-15-12-17(21)20(24-5-2)19(13-15)23-3/h6-8,10-13,18,22H,4-5,9,14H2,1-3H3. The summed E-state index contributed by atoms with van der Waals surface area (Å²) in [4.78, 5) is 0. The summed E-state index contributed by atoms with van der Waals surface area (Å²) in [6.45, 7) is 5.41. The van der Waals surface area contributed by atoms with Crippen LogP contribution < -0.4 is 14.8 Å².